The smallest absolute Gasteiger partial charge is 0.310 e. The second-order valence-electron chi connectivity index (χ2n) is 6.05. The molecule has 0 aliphatic rings. The lowest BCUT2D eigenvalue weighted by atomic mass is 10.2. The number of rotatable bonds is 10. The molecule has 0 aliphatic carbocycles. The molecule has 0 aromatic heterocycles. The van der Waals surface area contributed by atoms with E-state index in [-0.39, 0.29) is 29.4 Å². The van der Waals surface area contributed by atoms with Crippen LogP contribution in [0.15, 0.2) is 42.5 Å². The molecule has 0 bridgehead atoms. The third-order valence-corrected chi connectivity index (χ3v) is 4.14. The van der Waals surface area contributed by atoms with Gasteiger partial charge in [-0.05, 0) is 44.2 Å². The molecule has 10 heteroatoms. The van der Waals surface area contributed by atoms with Gasteiger partial charge in [0.2, 0.25) is 0 Å². The zero-order chi connectivity index (χ0) is 22.1. The van der Waals surface area contributed by atoms with Gasteiger partial charge in [0.05, 0.1) is 35.3 Å². The summed E-state index contributed by atoms with van der Waals surface area (Å²) in [4.78, 5) is 34.4. The maximum Gasteiger partial charge on any atom is 0.310 e. The van der Waals surface area contributed by atoms with E-state index in [1.54, 1.807) is 24.3 Å². The number of carbonyl (C=O) groups is 2. The van der Waals surface area contributed by atoms with E-state index in [1.807, 2.05) is 6.92 Å². The number of esters is 1. The zero-order valence-corrected chi connectivity index (χ0v) is 17.2. The Morgan fingerprint density at radius 1 is 1.13 bits per heavy atom. The van der Waals surface area contributed by atoms with Crippen LogP contribution in [-0.2, 0) is 14.3 Å². The zero-order valence-electron chi connectivity index (χ0n) is 16.4. The van der Waals surface area contributed by atoms with Gasteiger partial charge in [-0.1, -0.05) is 11.6 Å². The Bertz CT molecular complexity index is 903. The van der Waals surface area contributed by atoms with Crippen LogP contribution < -0.4 is 14.8 Å². The van der Waals surface area contributed by atoms with E-state index in [4.69, 9.17) is 25.8 Å². The van der Waals surface area contributed by atoms with Crippen LogP contribution in [0.1, 0.15) is 20.3 Å². The minimum Gasteiger partial charge on any atom is -0.494 e. The molecule has 2 aromatic carbocycles. The second kappa shape index (κ2) is 11.0. The maximum atomic E-state index is 12.2. The number of halogens is 1. The van der Waals surface area contributed by atoms with Crippen LogP contribution in [0.4, 0.5) is 11.4 Å². The topological polar surface area (TPSA) is 117 Å². The number of ether oxygens (including phenoxy) is 3. The molecule has 2 rings (SSSR count). The molecule has 30 heavy (non-hydrogen) atoms. The van der Waals surface area contributed by atoms with Crippen LogP contribution in [-0.4, -0.2) is 36.1 Å². The lowest BCUT2D eigenvalue weighted by Gasteiger charge is -2.14. The first-order valence-corrected chi connectivity index (χ1v) is 9.48. The fourth-order valence-electron chi connectivity index (χ4n) is 2.32. The molecule has 9 nitrogen and oxygen atoms in total. The van der Waals surface area contributed by atoms with E-state index in [0.29, 0.717) is 18.1 Å². The Morgan fingerprint density at radius 3 is 2.37 bits per heavy atom. The molecule has 0 aliphatic heterocycles. The van der Waals surface area contributed by atoms with Crippen molar-refractivity contribution in [3.63, 3.8) is 0 Å². The van der Waals surface area contributed by atoms with Crippen LogP contribution >= 0.6 is 11.6 Å². The molecule has 0 heterocycles. The molecule has 0 radical (unpaired) electrons. The quantitative estimate of drug-likeness (QED) is 0.340. The number of nitro groups is 1. The Kier molecular flexibility index (Phi) is 8.42. The molecule has 0 saturated carbocycles. The lowest BCUT2D eigenvalue weighted by Crippen LogP contribution is -2.30. The van der Waals surface area contributed by atoms with Gasteiger partial charge in [-0.15, -0.1) is 0 Å². The van der Waals surface area contributed by atoms with Crippen LogP contribution in [0.2, 0.25) is 5.02 Å². The van der Waals surface area contributed by atoms with Crippen LogP contribution in [0.5, 0.6) is 11.5 Å². The van der Waals surface area contributed by atoms with Gasteiger partial charge in [0.1, 0.15) is 11.5 Å². The summed E-state index contributed by atoms with van der Waals surface area (Å²) in [7, 11) is 0. The van der Waals surface area contributed by atoms with Gasteiger partial charge >= 0.3 is 5.97 Å². The number of benzene rings is 2. The number of nitro benzene ring substituents is 1. The Balaban J connectivity index is 1.80. The van der Waals surface area contributed by atoms with Crippen molar-refractivity contribution in [2.75, 3.05) is 18.5 Å². The number of nitrogens with one attached hydrogen (secondary N) is 1. The van der Waals surface area contributed by atoms with Gasteiger partial charge in [-0.25, -0.2) is 0 Å². The minimum absolute atomic E-state index is 0.0533. The van der Waals surface area contributed by atoms with Crippen molar-refractivity contribution >= 4 is 34.9 Å². The summed E-state index contributed by atoms with van der Waals surface area (Å²) in [6, 6.07) is 10.6. The Labute approximate surface area is 178 Å². The first-order chi connectivity index (χ1) is 14.3. The average Bonchev–Trinajstić information content (AvgIpc) is 2.70. The lowest BCUT2D eigenvalue weighted by molar-refractivity contribution is -0.384. The van der Waals surface area contributed by atoms with E-state index in [0.717, 1.165) is 6.07 Å². The van der Waals surface area contributed by atoms with Gasteiger partial charge in [-0.2, -0.15) is 0 Å². The Morgan fingerprint density at radius 2 is 1.77 bits per heavy atom. The van der Waals surface area contributed by atoms with E-state index < -0.39 is 22.9 Å². The predicted molar refractivity (Wildman–Crippen MR) is 110 cm³/mol. The van der Waals surface area contributed by atoms with E-state index in [9.17, 15) is 19.7 Å². The van der Waals surface area contributed by atoms with Crippen molar-refractivity contribution in [2.45, 2.75) is 26.4 Å². The molecule has 1 amide bonds. The van der Waals surface area contributed by atoms with Crippen molar-refractivity contribution in [1.29, 1.82) is 0 Å². The van der Waals surface area contributed by atoms with Crippen molar-refractivity contribution in [2.24, 2.45) is 0 Å². The highest BCUT2D eigenvalue weighted by atomic mass is 35.5. The summed E-state index contributed by atoms with van der Waals surface area (Å²) >= 11 is 5.94. The van der Waals surface area contributed by atoms with E-state index >= 15 is 0 Å². The average molecular weight is 437 g/mol. The molecule has 1 unspecified atom stereocenters. The van der Waals surface area contributed by atoms with Crippen LogP contribution in [0, 0.1) is 10.1 Å². The standard InChI is InChI=1S/C20H21ClN2O7/c1-3-28-15-5-7-16(8-6-15)29-11-10-19(24)30-13(2)20(25)22-18-12-14(23(26)27)4-9-17(18)21/h4-9,12-13H,3,10-11H2,1-2H3,(H,22,25). The van der Waals surface area contributed by atoms with Gasteiger partial charge in [0.15, 0.2) is 6.10 Å². The first kappa shape index (κ1) is 23.0. The van der Waals surface area contributed by atoms with Crippen molar-refractivity contribution in [3.05, 3.63) is 57.6 Å². The monoisotopic (exact) mass is 436 g/mol. The predicted octanol–water partition coefficient (Wildman–Crippen LogP) is 3.99. The molecular weight excluding hydrogens is 416 g/mol. The summed E-state index contributed by atoms with van der Waals surface area (Å²) in [5.74, 6) is -0.0165. The first-order valence-electron chi connectivity index (χ1n) is 9.10. The molecule has 2 aromatic rings. The summed E-state index contributed by atoms with van der Waals surface area (Å²) < 4.78 is 15.9. The number of amides is 1. The van der Waals surface area contributed by atoms with Crippen molar-refractivity contribution in [3.8, 4) is 11.5 Å². The second-order valence-corrected chi connectivity index (χ2v) is 6.45. The van der Waals surface area contributed by atoms with E-state index in [1.165, 1.54) is 19.1 Å². The summed E-state index contributed by atoms with van der Waals surface area (Å²) in [5.41, 5.74) is -0.177. The fourth-order valence-corrected chi connectivity index (χ4v) is 2.48. The molecular formula is C20H21ClN2O7. The van der Waals surface area contributed by atoms with Gasteiger partial charge in [-0.3, -0.25) is 19.7 Å². The molecule has 0 spiro atoms. The third kappa shape index (κ3) is 6.93. The normalized spacial score (nSPS) is 11.3. The largest absolute Gasteiger partial charge is 0.494 e. The maximum absolute atomic E-state index is 12.2. The highest BCUT2D eigenvalue weighted by molar-refractivity contribution is 6.33. The number of hydrogen-bond donors (Lipinski definition) is 1. The summed E-state index contributed by atoms with van der Waals surface area (Å²) in [6.45, 7) is 3.89. The van der Waals surface area contributed by atoms with Gasteiger partial charge in [0.25, 0.3) is 11.6 Å². The minimum atomic E-state index is -1.13. The number of non-ortho nitro benzene ring substituents is 1. The van der Waals surface area contributed by atoms with Crippen molar-refractivity contribution < 1.29 is 28.7 Å². The molecule has 0 fully saturated rings. The SMILES string of the molecule is CCOc1ccc(OCCC(=O)OC(C)C(=O)Nc2cc([N+](=O)[O-])ccc2Cl)cc1. The Hall–Kier alpha value is -3.33. The third-order valence-electron chi connectivity index (χ3n) is 3.81. The van der Waals surface area contributed by atoms with Crippen molar-refractivity contribution in [1.82, 2.24) is 0 Å². The number of anilines is 1. The summed E-state index contributed by atoms with van der Waals surface area (Å²) in [6.07, 6.45) is -1.19. The summed E-state index contributed by atoms with van der Waals surface area (Å²) in [5, 5.41) is 13.4. The van der Waals surface area contributed by atoms with E-state index in [2.05, 4.69) is 5.32 Å². The number of hydrogen-bond acceptors (Lipinski definition) is 7. The van der Waals surface area contributed by atoms with Gasteiger partial charge in [0, 0.05) is 12.1 Å². The highest BCUT2D eigenvalue weighted by Gasteiger charge is 2.20. The van der Waals surface area contributed by atoms with Crippen LogP contribution in [0.25, 0.3) is 0 Å². The van der Waals surface area contributed by atoms with Crippen LogP contribution in [0.3, 0.4) is 0 Å². The fraction of sp³-hybridized carbons (Fsp3) is 0.300. The van der Waals surface area contributed by atoms with Gasteiger partial charge < -0.3 is 19.5 Å². The highest BCUT2D eigenvalue weighted by Crippen LogP contribution is 2.27. The number of nitrogens with zero attached hydrogens (tertiary/aromatic N) is 1. The number of carbonyl (C=O) groups excluding carboxylic acids is 2. The molecule has 1 atom stereocenters. The molecule has 160 valence electrons. The molecule has 1 N–H and O–H groups in total. The molecule has 0 saturated heterocycles.